The zero-order chi connectivity index (χ0) is 8.97. The van der Waals surface area contributed by atoms with Gasteiger partial charge in [-0.1, -0.05) is 20.3 Å². The smallest absolute Gasteiger partial charge is 0.151 e. The average Bonchev–Trinajstić information content (AvgIpc) is 2.52. The van der Waals surface area contributed by atoms with E-state index in [0.717, 1.165) is 18.4 Å². The largest absolute Gasteiger partial charge is 0.353 e. The second kappa shape index (κ2) is 4.10. The predicted molar refractivity (Wildman–Crippen MR) is 49.3 cm³/mol. The van der Waals surface area contributed by atoms with Gasteiger partial charge in [-0.2, -0.15) is 0 Å². The zero-order valence-electron chi connectivity index (χ0n) is 7.66. The Bertz CT molecular complexity index is 252. The third-order valence-corrected chi connectivity index (χ3v) is 2.13. The Morgan fingerprint density at radius 1 is 1.67 bits per heavy atom. The molecule has 1 aromatic rings. The molecule has 0 aromatic carbocycles. The molecule has 1 rings (SSSR count). The number of nitrogens with zero attached hydrogens (tertiary/aromatic N) is 1. The molecule has 66 valence electrons. The fraction of sp³-hybridized carbons (Fsp3) is 0.500. The number of hydrogen-bond donors (Lipinski definition) is 0. The van der Waals surface area contributed by atoms with Crippen molar-refractivity contribution in [2.75, 3.05) is 0 Å². The summed E-state index contributed by atoms with van der Waals surface area (Å²) in [5, 5.41) is 0. The Hall–Kier alpha value is -1.05. The monoisotopic (exact) mass is 165 g/mol. The lowest BCUT2D eigenvalue weighted by Crippen LogP contribution is -2.03. The lowest BCUT2D eigenvalue weighted by molar-refractivity contribution is 0.112. The van der Waals surface area contributed by atoms with Gasteiger partial charge in [0.2, 0.25) is 0 Å². The van der Waals surface area contributed by atoms with Crippen LogP contribution in [0.15, 0.2) is 18.5 Å². The highest BCUT2D eigenvalue weighted by atomic mass is 16.1. The summed E-state index contributed by atoms with van der Waals surface area (Å²) in [5.74, 6) is 0.678. The Kier molecular flexibility index (Phi) is 3.09. The molecule has 0 aliphatic heterocycles. The van der Waals surface area contributed by atoms with Crippen molar-refractivity contribution in [3.63, 3.8) is 0 Å². The van der Waals surface area contributed by atoms with Crippen LogP contribution in [0.4, 0.5) is 0 Å². The van der Waals surface area contributed by atoms with Gasteiger partial charge in [-0.05, 0) is 12.0 Å². The normalized spacial score (nSPS) is 12.8. The number of rotatable bonds is 4. The van der Waals surface area contributed by atoms with Crippen LogP contribution in [0.3, 0.4) is 0 Å². The van der Waals surface area contributed by atoms with Gasteiger partial charge in [-0.25, -0.2) is 0 Å². The van der Waals surface area contributed by atoms with Gasteiger partial charge < -0.3 is 4.57 Å². The van der Waals surface area contributed by atoms with Crippen LogP contribution >= 0.6 is 0 Å². The van der Waals surface area contributed by atoms with Crippen molar-refractivity contribution in [1.29, 1.82) is 0 Å². The van der Waals surface area contributed by atoms with Gasteiger partial charge in [-0.3, -0.25) is 4.79 Å². The molecule has 0 amide bonds. The number of hydrogen-bond acceptors (Lipinski definition) is 1. The Morgan fingerprint density at radius 3 is 2.92 bits per heavy atom. The van der Waals surface area contributed by atoms with Crippen LogP contribution in [0.5, 0.6) is 0 Å². The van der Waals surface area contributed by atoms with Gasteiger partial charge >= 0.3 is 0 Å². The second-order valence-corrected chi connectivity index (χ2v) is 3.27. The lowest BCUT2D eigenvalue weighted by Gasteiger charge is -2.08. The van der Waals surface area contributed by atoms with Gasteiger partial charge in [0, 0.05) is 24.5 Å². The maximum Gasteiger partial charge on any atom is 0.151 e. The van der Waals surface area contributed by atoms with E-state index in [1.165, 1.54) is 6.42 Å². The van der Waals surface area contributed by atoms with Crippen molar-refractivity contribution >= 4 is 6.29 Å². The number of aldehydes is 1. The Labute approximate surface area is 73.2 Å². The number of carbonyl (C=O) groups excluding carboxylic acids is 1. The van der Waals surface area contributed by atoms with Crippen molar-refractivity contribution in [3.05, 3.63) is 24.0 Å². The van der Waals surface area contributed by atoms with E-state index in [2.05, 4.69) is 18.4 Å². The van der Waals surface area contributed by atoms with Crippen molar-refractivity contribution < 1.29 is 4.79 Å². The molecule has 0 radical (unpaired) electrons. The van der Waals surface area contributed by atoms with Crippen molar-refractivity contribution in [2.24, 2.45) is 5.92 Å². The van der Waals surface area contributed by atoms with Crippen molar-refractivity contribution in [1.82, 2.24) is 4.57 Å². The van der Waals surface area contributed by atoms with E-state index in [1.807, 2.05) is 18.5 Å². The minimum absolute atomic E-state index is 0.678. The summed E-state index contributed by atoms with van der Waals surface area (Å²) in [4.78, 5) is 10.4. The van der Waals surface area contributed by atoms with Gasteiger partial charge in [0.05, 0.1) is 0 Å². The SMILES string of the molecule is CC[C@@H](C)Cn1ccc(C=O)c1. The van der Waals surface area contributed by atoms with Crippen LogP contribution < -0.4 is 0 Å². The van der Waals surface area contributed by atoms with E-state index in [9.17, 15) is 4.79 Å². The molecule has 0 N–H and O–H groups in total. The van der Waals surface area contributed by atoms with Gasteiger partial charge in [0.15, 0.2) is 6.29 Å². The summed E-state index contributed by atoms with van der Waals surface area (Å²) in [6, 6.07) is 1.84. The topological polar surface area (TPSA) is 22.0 Å². The third-order valence-electron chi connectivity index (χ3n) is 2.13. The van der Waals surface area contributed by atoms with E-state index >= 15 is 0 Å². The molecule has 0 aliphatic rings. The summed E-state index contributed by atoms with van der Waals surface area (Å²) >= 11 is 0. The molecule has 0 spiro atoms. The summed E-state index contributed by atoms with van der Waals surface area (Å²) in [7, 11) is 0. The van der Waals surface area contributed by atoms with Gasteiger partial charge in [0.1, 0.15) is 0 Å². The van der Waals surface area contributed by atoms with E-state index in [4.69, 9.17) is 0 Å². The van der Waals surface area contributed by atoms with E-state index in [-0.39, 0.29) is 0 Å². The third kappa shape index (κ3) is 2.22. The standard InChI is InChI=1S/C10H15NO/c1-3-9(2)6-11-5-4-10(7-11)8-12/h4-5,7-9H,3,6H2,1-2H3/t9-/m1/s1. The molecular weight excluding hydrogens is 150 g/mol. The molecule has 0 aliphatic carbocycles. The predicted octanol–water partition coefficient (Wildman–Crippen LogP) is 2.35. The van der Waals surface area contributed by atoms with E-state index in [0.29, 0.717) is 5.92 Å². The molecule has 0 saturated heterocycles. The maximum atomic E-state index is 10.4. The molecule has 2 nitrogen and oxygen atoms in total. The molecule has 1 atom stereocenters. The minimum atomic E-state index is 0.678. The van der Waals surface area contributed by atoms with Crippen LogP contribution in [0.2, 0.25) is 0 Å². The first kappa shape index (κ1) is 9.04. The molecule has 1 aromatic heterocycles. The highest BCUT2D eigenvalue weighted by Gasteiger charge is 2.00. The van der Waals surface area contributed by atoms with E-state index in [1.54, 1.807) is 0 Å². The van der Waals surface area contributed by atoms with Crippen molar-refractivity contribution in [2.45, 2.75) is 26.8 Å². The van der Waals surface area contributed by atoms with Crippen LogP contribution in [0, 0.1) is 5.92 Å². The molecular formula is C10H15NO. The van der Waals surface area contributed by atoms with Crippen LogP contribution in [0.1, 0.15) is 30.6 Å². The highest BCUT2D eigenvalue weighted by Crippen LogP contribution is 2.06. The molecule has 0 fully saturated rings. The first-order valence-corrected chi connectivity index (χ1v) is 4.37. The average molecular weight is 165 g/mol. The summed E-state index contributed by atoms with van der Waals surface area (Å²) < 4.78 is 2.07. The van der Waals surface area contributed by atoms with Gasteiger partial charge in [-0.15, -0.1) is 0 Å². The molecule has 1 heterocycles. The molecule has 0 saturated carbocycles. The van der Waals surface area contributed by atoms with Crippen LogP contribution in [-0.2, 0) is 6.54 Å². The fourth-order valence-corrected chi connectivity index (χ4v) is 1.13. The van der Waals surface area contributed by atoms with E-state index < -0.39 is 0 Å². The second-order valence-electron chi connectivity index (χ2n) is 3.27. The first-order chi connectivity index (χ1) is 5.76. The Balaban J connectivity index is 2.57. The minimum Gasteiger partial charge on any atom is -0.353 e. The lowest BCUT2D eigenvalue weighted by atomic mass is 10.1. The molecule has 2 heteroatoms. The molecule has 0 unspecified atom stereocenters. The molecule has 12 heavy (non-hydrogen) atoms. The zero-order valence-corrected chi connectivity index (χ0v) is 7.66. The molecule has 0 bridgehead atoms. The number of aromatic nitrogens is 1. The highest BCUT2D eigenvalue weighted by molar-refractivity contribution is 5.74. The fourth-order valence-electron chi connectivity index (χ4n) is 1.13. The number of carbonyl (C=O) groups is 1. The van der Waals surface area contributed by atoms with Crippen LogP contribution in [-0.4, -0.2) is 10.9 Å². The quantitative estimate of drug-likeness (QED) is 0.628. The Morgan fingerprint density at radius 2 is 2.42 bits per heavy atom. The van der Waals surface area contributed by atoms with Crippen molar-refractivity contribution in [3.8, 4) is 0 Å². The summed E-state index contributed by atoms with van der Waals surface area (Å²) in [6.45, 7) is 5.39. The maximum absolute atomic E-state index is 10.4. The summed E-state index contributed by atoms with van der Waals surface area (Å²) in [6.07, 6.45) is 5.90. The first-order valence-electron chi connectivity index (χ1n) is 4.37. The van der Waals surface area contributed by atoms with Gasteiger partial charge in [0.25, 0.3) is 0 Å². The van der Waals surface area contributed by atoms with Crippen LogP contribution in [0.25, 0.3) is 0 Å². The summed E-state index contributed by atoms with van der Waals surface area (Å²) in [5.41, 5.74) is 0.762.